The minimum absolute atomic E-state index is 0.110. The van der Waals surface area contributed by atoms with E-state index in [9.17, 15) is 13.2 Å². The topological polar surface area (TPSA) is 68.2 Å². The van der Waals surface area contributed by atoms with Crippen LogP contribution in [0.25, 0.3) is 16.8 Å². The van der Waals surface area contributed by atoms with Crippen molar-refractivity contribution in [3.8, 4) is 16.8 Å². The average Bonchev–Trinajstić information content (AvgIpc) is 2.56. The standard InChI is InChI=1S/C17H14N2O3S/c20-17-11-8-14(12-19(17)16-4-2-1-3-5-16)13-6-9-15(10-7-13)18-23(21)22/h1-12,23H,(H,18,21,22). The summed E-state index contributed by atoms with van der Waals surface area (Å²) in [6.45, 7) is 0. The molecule has 0 saturated carbocycles. The lowest BCUT2D eigenvalue weighted by Crippen LogP contribution is -2.16. The van der Waals surface area contributed by atoms with Crippen molar-refractivity contribution in [1.29, 1.82) is 0 Å². The third kappa shape index (κ3) is 3.49. The van der Waals surface area contributed by atoms with Gasteiger partial charge in [0.15, 0.2) is 0 Å². The quantitative estimate of drug-likeness (QED) is 0.724. The van der Waals surface area contributed by atoms with E-state index in [1.807, 2.05) is 30.3 Å². The van der Waals surface area contributed by atoms with E-state index in [4.69, 9.17) is 0 Å². The van der Waals surface area contributed by atoms with Gasteiger partial charge in [-0.3, -0.25) is 14.1 Å². The van der Waals surface area contributed by atoms with Crippen LogP contribution in [-0.2, 0) is 10.9 Å². The molecule has 3 aromatic rings. The Hall–Kier alpha value is -2.86. The number of aromatic nitrogens is 1. The van der Waals surface area contributed by atoms with Gasteiger partial charge in [-0.1, -0.05) is 30.3 Å². The van der Waals surface area contributed by atoms with Gasteiger partial charge in [-0.15, -0.1) is 0 Å². The lowest BCUT2D eigenvalue weighted by atomic mass is 10.1. The van der Waals surface area contributed by atoms with Crippen LogP contribution in [0.3, 0.4) is 0 Å². The van der Waals surface area contributed by atoms with Gasteiger partial charge < -0.3 is 0 Å². The molecular formula is C17H14N2O3S. The maximum Gasteiger partial charge on any atom is 0.255 e. The summed E-state index contributed by atoms with van der Waals surface area (Å²) in [5.41, 5.74) is 2.94. The summed E-state index contributed by atoms with van der Waals surface area (Å²) < 4.78 is 25.2. The Bertz CT molecular complexity index is 938. The predicted molar refractivity (Wildman–Crippen MR) is 91.4 cm³/mol. The van der Waals surface area contributed by atoms with E-state index in [1.54, 1.807) is 41.1 Å². The summed E-state index contributed by atoms with van der Waals surface area (Å²) in [5, 5.41) is 0. The van der Waals surface area contributed by atoms with Crippen molar-refractivity contribution >= 4 is 16.6 Å². The minimum atomic E-state index is -2.68. The molecule has 116 valence electrons. The monoisotopic (exact) mass is 326 g/mol. The fraction of sp³-hybridized carbons (Fsp3) is 0. The van der Waals surface area contributed by atoms with E-state index in [2.05, 4.69) is 4.72 Å². The van der Waals surface area contributed by atoms with E-state index in [0.717, 1.165) is 16.8 Å². The number of benzene rings is 2. The van der Waals surface area contributed by atoms with Gasteiger partial charge in [0.05, 0.1) is 0 Å². The Kier molecular flexibility index (Phi) is 4.25. The summed E-state index contributed by atoms with van der Waals surface area (Å²) >= 11 is 0. The number of nitrogens with zero attached hydrogens (tertiary/aromatic N) is 1. The number of hydrogen-bond donors (Lipinski definition) is 2. The van der Waals surface area contributed by atoms with Gasteiger partial charge in [-0.25, -0.2) is 8.42 Å². The SMILES string of the molecule is O=c1ccc(-c2ccc(N[SH](=O)=O)cc2)cn1-c1ccccc1. The molecule has 0 unspecified atom stereocenters. The zero-order chi connectivity index (χ0) is 16.2. The molecule has 0 bridgehead atoms. The summed E-state index contributed by atoms with van der Waals surface area (Å²) in [6, 6.07) is 19.6. The molecule has 3 rings (SSSR count). The number of nitrogens with one attached hydrogen (secondary N) is 1. The highest BCUT2D eigenvalue weighted by Gasteiger charge is 2.03. The second kappa shape index (κ2) is 6.50. The summed E-state index contributed by atoms with van der Waals surface area (Å²) in [7, 11) is -2.68. The minimum Gasteiger partial charge on any atom is -0.286 e. The van der Waals surface area contributed by atoms with Crippen LogP contribution in [0.4, 0.5) is 5.69 Å². The molecular weight excluding hydrogens is 312 g/mol. The Labute approximate surface area is 134 Å². The van der Waals surface area contributed by atoms with E-state index >= 15 is 0 Å². The van der Waals surface area contributed by atoms with E-state index in [0.29, 0.717) is 5.69 Å². The number of thiol groups is 1. The molecule has 2 aromatic carbocycles. The predicted octanol–water partition coefficient (Wildman–Crippen LogP) is 2.44. The van der Waals surface area contributed by atoms with Crippen molar-refractivity contribution in [2.75, 3.05) is 4.72 Å². The van der Waals surface area contributed by atoms with Crippen LogP contribution in [0.1, 0.15) is 0 Å². The van der Waals surface area contributed by atoms with Crippen molar-refractivity contribution in [3.63, 3.8) is 0 Å². The molecule has 0 saturated heterocycles. The maximum atomic E-state index is 12.1. The molecule has 6 heteroatoms. The van der Waals surface area contributed by atoms with Gasteiger partial charge in [0, 0.05) is 23.6 Å². The summed E-state index contributed by atoms with van der Waals surface area (Å²) in [6.07, 6.45) is 1.77. The average molecular weight is 326 g/mol. The lowest BCUT2D eigenvalue weighted by Gasteiger charge is -2.09. The van der Waals surface area contributed by atoms with Crippen LogP contribution in [-0.4, -0.2) is 13.0 Å². The molecule has 0 spiro atoms. The highest BCUT2D eigenvalue weighted by Crippen LogP contribution is 2.21. The van der Waals surface area contributed by atoms with Crippen molar-refractivity contribution in [1.82, 2.24) is 4.57 Å². The van der Waals surface area contributed by atoms with E-state index in [1.165, 1.54) is 6.07 Å². The first-order valence-corrected chi connectivity index (χ1v) is 8.11. The van der Waals surface area contributed by atoms with Crippen molar-refractivity contribution < 1.29 is 8.42 Å². The Morgan fingerprint density at radius 1 is 0.783 bits per heavy atom. The van der Waals surface area contributed by atoms with E-state index in [-0.39, 0.29) is 5.56 Å². The molecule has 0 aliphatic carbocycles. The number of pyridine rings is 1. The first kappa shape index (κ1) is 15.1. The molecule has 0 fully saturated rings. The largest absolute Gasteiger partial charge is 0.286 e. The van der Waals surface area contributed by atoms with Gasteiger partial charge >= 0.3 is 0 Å². The van der Waals surface area contributed by atoms with Gasteiger partial charge in [0.25, 0.3) is 5.56 Å². The zero-order valence-electron chi connectivity index (χ0n) is 12.0. The summed E-state index contributed by atoms with van der Waals surface area (Å²) in [5.74, 6) is 0. The molecule has 1 N–H and O–H groups in total. The molecule has 0 aliphatic heterocycles. The van der Waals surface area contributed by atoms with Crippen molar-refractivity contribution in [2.45, 2.75) is 0 Å². The first-order valence-electron chi connectivity index (χ1n) is 6.93. The molecule has 0 radical (unpaired) electrons. The zero-order valence-corrected chi connectivity index (χ0v) is 12.9. The number of hydrogen-bond acceptors (Lipinski definition) is 3. The smallest absolute Gasteiger partial charge is 0.255 e. The molecule has 23 heavy (non-hydrogen) atoms. The van der Waals surface area contributed by atoms with Crippen LogP contribution >= 0.6 is 0 Å². The lowest BCUT2D eigenvalue weighted by molar-refractivity contribution is 0.619. The van der Waals surface area contributed by atoms with Gasteiger partial charge in [0.2, 0.25) is 10.9 Å². The third-order valence-corrected chi connectivity index (χ3v) is 3.82. The first-order chi connectivity index (χ1) is 11.1. The normalized spacial score (nSPS) is 10.7. The highest BCUT2D eigenvalue weighted by molar-refractivity contribution is 7.73. The number of para-hydroxylation sites is 1. The molecule has 1 heterocycles. The van der Waals surface area contributed by atoms with Gasteiger partial charge in [0.1, 0.15) is 0 Å². The van der Waals surface area contributed by atoms with Crippen LogP contribution in [0.15, 0.2) is 77.7 Å². The fourth-order valence-corrected chi connectivity index (χ4v) is 2.65. The Balaban J connectivity index is 1.99. The molecule has 5 nitrogen and oxygen atoms in total. The second-order valence-corrected chi connectivity index (χ2v) is 5.65. The van der Waals surface area contributed by atoms with Crippen LogP contribution in [0.2, 0.25) is 0 Å². The highest BCUT2D eigenvalue weighted by atomic mass is 32.2. The van der Waals surface area contributed by atoms with E-state index < -0.39 is 10.9 Å². The van der Waals surface area contributed by atoms with Gasteiger partial charge in [-0.2, -0.15) is 0 Å². The number of rotatable bonds is 4. The van der Waals surface area contributed by atoms with Gasteiger partial charge in [-0.05, 0) is 41.5 Å². The van der Waals surface area contributed by atoms with Crippen LogP contribution in [0, 0.1) is 0 Å². The molecule has 1 aromatic heterocycles. The van der Waals surface area contributed by atoms with Crippen LogP contribution < -0.4 is 10.3 Å². The second-order valence-electron chi connectivity index (χ2n) is 4.91. The molecule has 0 aliphatic rings. The van der Waals surface area contributed by atoms with Crippen molar-refractivity contribution in [3.05, 3.63) is 83.3 Å². The Morgan fingerprint density at radius 3 is 2.09 bits per heavy atom. The third-order valence-electron chi connectivity index (χ3n) is 3.38. The number of anilines is 1. The van der Waals surface area contributed by atoms with Crippen LogP contribution in [0.5, 0.6) is 0 Å². The van der Waals surface area contributed by atoms with Crippen molar-refractivity contribution in [2.24, 2.45) is 0 Å². The molecule has 0 atom stereocenters. The maximum absolute atomic E-state index is 12.1. The molecule has 0 amide bonds. The summed E-state index contributed by atoms with van der Waals surface area (Å²) in [4.78, 5) is 12.1. The Morgan fingerprint density at radius 2 is 1.43 bits per heavy atom. The fourth-order valence-electron chi connectivity index (χ4n) is 2.29.